The normalized spacial score (nSPS) is 15.3. The summed E-state index contributed by atoms with van der Waals surface area (Å²) in [5.41, 5.74) is 0.416. The summed E-state index contributed by atoms with van der Waals surface area (Å²) < 4.78 is 0. The van der Waals surface area contributed by atoms with Crippen molar-refractivity contribution in [2.24, 2.45) is 0 Å². The number of hydrogen-bond donors (Lipinski definition) is 0. The molecule has 0 saturated carbocycles. The Morgan fingerprint density at radius 1 is 1.12 bits per heavy atom. The van der Waals surface area contributed by atoms with Crippen LogP contribution in [0.1, 0.15) is 6.92 Å². The van der Waals surface area contributed by atoms with Crippen LogP contribution >= 0.6 is 0 Å². The Morgan fingerprint density at radius 2 is 1.75 bits per heavy atom. The van der Waals surface area contributed by atoms with Crippen LogP contribution in [0.2, 0.25) is 0 Å². The molecule has 80 valence electrons. The predicted molar refractivity (Wildman–Crippen MR) is 57.7 cm³/mol. The highest BCUT2D eigenvalue weighted by Crippen LogP contribution is 2.22. The Kier molecular flexibility index (Phi) is 2.40. The molecule has 0 spiro atoms. The minimum atomic E-state index is -0.552. The van der Waals surface area contributed by atoms with Gasteiger partial charge in [-0.1, -0.05) is 18.2 Å². The third-order valence-electron chi connectivity index (χ3n) is 2.32. The van der Waals surface area contributed by atoms with Crippen LogP contribution in [0.15, 0.2) is 42.0 Å². The molecule has 1 aromatic rings. The van der Waals surface area contributed by atoms with Crippen molar-refractivity contribution >= 4 is 23.3 Å². The lowest BCUT2D eigenvalue weighted by Crippen LogP contribution is -2.31. The predicted octanol–water partition coefficient (Wildman–Crippen LogP) is 1.08. The number of para-hydroxylation sites is 1. The van der Waals surface area contributed by atoms with E-state index in [1.54, 1.807) is 30.3 Å². The molecular weight excluding hydrogens is 206 g/mol. The first-order valence-electron chi connectivity index (χ1n) is 4.77. The molecule has 2 rings (SSSR count). The molecule has 4 nitrogen and oxygen atoms in total. The molecule has 16 heavy (non-hydrogen) atoms. The Bertz CT molecular complexity index is 502. The lowest BCUT2D eigenvalue weighted by atomic mass is 10.2. The maximum atomic E-state index is 11.8. The number of benzene rings is 1. The third kappa shape index (κ3) is 1.54. The van der Waals surface area contributed by atoms with Gasteiger partial charge in [0.25, 0.3) is 11.8 Å². The summed E-state index contributed by atoms with van der Waals surface area (Å²) in [4.78, 5) is 35.5. The minimum absolute atomic E-state index is 0.0612. The van der Waals surface area contributed by atoms with Crippen LogP contribution in [-0.4, -0.2) is 17.6 Å². The number of anilines is 1. The molecule has 0 fully saturated rings. The van der Waals surface area contributed by atoms with Crippen molar-refractivity contribution in [3.8, 4) is 0 Å². The summed E-state index contributed by atoms with van der Waals surface area (Å²) >= 11 is 0. The molecule has 0 bridgehead atoms. The lowest BCUT2D eigenvalue weighted by Gasteiger charge is -2.13. The van der Waals surface area contributed by atoms with Crippen LogP contribution in [-0.2, 0) is 14.4 Å². The fourth-order valence-electron chi connectivity index (χ4n) is 1.54. The zero-order chi connectivity index (χ0) is 11.7. The molecule has 1 aliphatic heterocycles. The highest BCUT2D eigenvalue weighted by atomic mass is 16.2. The van der Waals surface area contributed by atoms with Crippen LogP contribution in [0.5, 0.6) is 0 Å². The molecular formula is C12H9NO3. The van der Waals surface area contributed by atoms with E-state index in [1.807, 2.05) is 0 Å². The summed E-state index contributed by atoms with van der Waals surface area (Å²) in [7, 11) is 0. The topological polar surface area (TPSA) is 54.5 Å². The Balaban J connectivity index is 2.39. The number of rotatable bonds is 2. The number of carbonyl (C=O) groups is 3. The fourth-order valence-corrected chi connectivity index (χ4v) is 1.54. The highest BCUT2D eigenvalue weighted by molar-refractivity contribution is 6.39. The van der Waals surface area contributed by atoms with Gasteiger partial charge in [0.1, 0.15) is 0 Å². The second kappa shape index (κ2) is 3.73. The Labute approximate surface area is 92.2 Å². The van der Waals surface area contributed by atoms with Crippen molar-refractivity contribution in [2.75, 3.05) is 4.90 Å². The van der Waals surface area contributed by atoms with E-state index in [1.165, 1.54) is 6.92 Å². The van der Waals surface area contributed by atoms with Gasteiger partial charge in [0.15, 0.2) is 5.78 Å². The molecule has 0 aromatic heterocycles. The van der Waals surface area contributed by atoms with Crippen molar-refractivity contribution in [2.45, 2.75) is 6.92 Å². The molecule has 0 saturated heterocycles. The van der Waals surface area contributed by atoms with Crippen molar-refractivity contribution in [1.29, 1.82) is 0 Å². The zero-order valence-corrected chi connectivity index (χ0v) is 8.64. The minimum Gasteiger partial charge on any atom is -0.294 e. The van der Waals surface area contributed by atoms with Crippen molar-refractivity contribution in [3.63, 3.8) is 0 Å². The van der Waals surface area contributed by atoms with E-state index in [2.05, 4.69) is 0 Å². The summed E-state index contributed by atoms with van der Waals surface area (Å²) in [6.07, 6.45) is 1.08. The molecule has 1 aliphatic rings. The molecule has 1 aromatic carbocycles. The van der Waals surface area contributed by atoms with Crippen LogP contribution in [0, 0.1) is 0 Å². The smallest absolute Gasteiger partial charge is 0.269 e. The van der Waals surface area contributed by atoms with E-state index in [-0.39, 0.29) is 5.57 Å². The second-order valence-electron chi connectivity index (χ2n) is 3.43. The summed E-state index contributed by atoms with van der Waals surface area (Å²) in [6.45, 7) is 1.27. The number of nitrogens with zero attached hydrogens (tertiary/aromatic N) is 1. The fraction of sp³-hybridized carbons (Fsp3) is 0.0833. The summed E-state index contributed by atoms with van der Waals surface area (Å²) in [5, 5.41) is 0. The lowest BCUT2D eigenvalue weighted by molar-refractivity contribution is -0.121. The average Bonchev–Trinajstić information content (AvgIpc) is 2.56. The molecule has 0 radical (unpaired) electrons. The van der Waals surface area contributed by atoms with Gasteiger partial charge in [0, 0.05) is 6.08 Å². The molecule has 0 N–H and O–H groups in total. The van der Waals surface area contributed by atoms with E-state index in [0.717, 1.165) is 11.0 Å². The van der Waals surface area contributed by atoms with Gasteiger partial charge in [-0.05, 0) is 19.1 Å². The number of amides is 2. The quantitative estimate of drug-likeness (QED) is 0.547. The second-order valence-corrected chi connectivity index (χ2v) is 3.43. The van der Waals surface area contributed by atoms with Gasteiger partial charge < -0.3 is 0 Å². The van der Waals surface area contributed by atoms with E-state index in [4.69, 9.17) is 0 Å². The van der Waals surface area contributed by atoms with Crippen molar-refractivity contribution in [3.05, 3.63) is 42.0 Å². The Hall–Kier alpha value is -2.23. The first kappa shape index (κ1) is 10.3. The van der Waals surface area contributed by atoms with E-state index >= 15 is 0 Å². The molecule has 1 heterocycles. The van der Waals surface area contributed by atoms with E-state index in [9.17, 15) is 14.4 Å². The van der Waals surface area contributed by atoms with Crippen molar-refractivity contribution in [1.82, 2.24) is 0 Å². The van der Waals surface area contributed by atoms with Crippen LogP contribution < -0.4 is 4.90 Å². The maximum Gasteiger partial charge on any atom is 0.269 e. The van der Waals surface area contributed by atoms with Crippen LogP contribution in [0.3, 0.4) is 0 Å². The van der Waals surface area contributed by atoms with Gasteiger partial charge >= 0.3 is 0 Å². The third-order valence-corrected chi connectivity index (χ3v) is 2.32. The van der Waals surface area contributed by atoms with Gasteiger partial charge in [-0.2, -0.15) is 0 Å². The van der Waals surface area contributed by atoms with Gasteiger partial charge in [0.05, 0.1) is 11.3 Å². The summed E-state index contributed by atoms with van der Waals surface area (Å²) in [6, 6.07) is 8.52. The number of carbonyl (C=O) groups excluding carboxylic acids is 3. The first-order chi connectivity index (χ1) is 7.61. The Morgan fingerprint density at radius 3 is 2.25 bits per heavy atom. The number of ketones is 1. The largest absolute Gasteiger partial charge is 0.294 e. The molecule has 2 amide bonds. The number of hydrogen-bond acceptors (Lipinski definition) is 3. The summed E-state index contributed by atoms with van der Waals surface area (Å²) in [5.74, 6) is -1.41. The number of Topliss-reactive ketones (excluding diaryl/α,β-unsaturated/α-hetero) is 1. The monoisotopic (exact) mass is 215 g/mol. The van der Waals surface area contributed by atoms with Crippen LogP contribution in [0.4, 0.5) is 5.69 Å². The molecule has 0 atom stereocenters. The number of imide groups is 1. The molecule has 0 unspecified atom stereocenters. The van der Waals surface area contributed by atoms with E-state index < -0.39 is 17.6 Å². The van der Waals surface area contributed by atoms with Gasteiger partial charge in [-0.3, -0.25) is 14.4 Å². The molecule has 0 aliphatic carbocycles. The van der Waals surface area contributed by atoms with Gasteiger partial charge in [0.2, 0.25) is 0 Å². The van der Waals surface area contributed by atoms with E-state index in [0.29, 0.717) is 5.69 Å². The average molecular weight is 215 g/mol. The van der Waals surface area contributed by atoms with Gasteiger partial charge in [-0.25, -0.2) is 4.90 Å². The first-order valence-corrected chi connectivity index (χ1v) is 4.77. The zero-order valence-electron chi connectivity index (χ0n) is 8.64. The standard InChI is InChI=1S/C12H9NO3/c1-8(14)10-7-11(15)13(12(10)16)9-5-3-2-4-6-9/h2-7H,1H3. The highest BCUT2D eigenvalue weighted by Gasteiger charge is 2.34. The van der Waals surface area contributed by atoms with Crippen LogP contribution in [0.25, 0.3) is 0 Å². The van der Waals surface area contributed by atoms with Gasteiger partial charge in [-0.15, -0.1) is 0 Å². The van der Waals surface area contributed by atoms with Crippen molar-refractivity contribution < 1.29 is 14.4 Å². The SMILES string of the molecule is CC(=O)C1=CC(=O)N(c2ccccc2)C1=O. The maximum absolute atomic E-state index is 11.8. The molecule has 4 heteroatoms.